The fourth-order valence-electron chi connectivity index (χ4n) is 2.97. The molecule has 2 aromatic carbocycles. The van der Waals surface area contributed by atoms with Crippen LogP contribution in [-0.2, 0) is 6.54 Å². The molecule has 132 valence electrons. The smallest absolute Gasteiger partial charge is 0.153 e. The third kappa shape index (κ3) is 3.98. The Bertz CT molecular complexity index is 869. The zero-order valence-corrected chi connectivity index (χ0v) is 16.0. The van der Waals surface area contributed by atoms with Gasteiger partial charge in [0.2, 0.25) is 0 Å². The van der Waals surface area contributed by atoms with Crippen molar-refractivity contribution in [2.45, 2.75) is 46.8 Å². The van der Waals surface area contributed by atoms with Gasteiger partial charge in [0.05, 0.1) is 11.0 Å². The summed E-state index contributed by atoms with van der Waals surface area (Å²) in [6.07, 6.45) is 0.972. The Morgan fingerprint density at radius 1 is 1.12 bits per heavy atom. The number of para-hydroxylation sites is 2. The zero-order valence-electron chi connectivity index (χ0n) is 15.3. The van der Waals surface area contributed by atoms with Crippen molar-refractivity contribution in [1.82, 2.24) is 9.55 Å². The van der Waals surface area contributed by atoms with Crippen LogP contribution in [0, 0.1) is 12.8 Å². The van der Waals surface area contributed by atoms with Crippen molar-refractivity contribution in [3.63, 3.8) is 0 Å². The van der Waals surface area contributed by atoms with E-state index in [-0.39, 0.29) is 6.10 Å². The molecule has 0 fully saturated rings. The van der Waals surface area contributed by atoms with Gasteiger partial charge in [-0.1, -0.05) is 37.6 Å². The lowest BCUT2D eigenvalue weighted by Gasteiger charge is -2.18. The number of ether oxygens (including phenoxy) is 1. The highest BCUT2D eigenvalue weighted by Crippen LogP contribution is 2.28. The summed E-state index contributed by atoms with van der Waals surface area (Å²) < 4.78 is 8.47. The van der Waals surface area contributed by atoms with Crippen LogP contribution in [0.25, 0.3) is 11.0 Å². The maximum atomic E-state index is 6.17. The number of hydrogen-bond donors (Lipinski definition) is 0. The summed E-state index contributed by atoms with van der Waals surface area (Å²) in [5.41, 5.74) is 3.20. The van der Waals surface area contributed by atoms with Crippen LogP contribution in [0.15, 0.2) is 42.5 Å². The average Bonchev–Trinajstić information content (AvgIpc) is 2.95. The van der Waals surface area contributed by atoms with Gasteiger partial charge in [-0.25, -0.2) is 4.98 Å². The molecule has 0 N–H and O–H groups in total. The number of imidazole rings is 1. The van der Waals surface area contributed by atoms with E-state index in [0.717, 1.165) is 40.6 Å². The Hall–Kier alpha value is -2.00. The molecular weight excluding hydrogens is 332 g/mol. The molecular formula is C21H25ClN2O. The van der Waals surface area contributed by atoms with E-state index in [1.54, 1.807) is 0 Å². The predicted molar refractivity (Wildman–Crippen MR) is 104 cm³/mol. The van der Waals surface area contributed by atoms with Crippen molar-refractivity contribution in [3.8, 4) is 5.75 Å². The fourth-order valence-corrected chi connectivity index (χ4v) is 3.09. The normalized spacial score (nSPS) is 12.7. The van der Waals surface area contributed by atoms with Crippen molar-refractivity contribution in [2.75, 3.05) is 0 Å². The van der Waals surface area contributed by atoms with E-state index >= 15 is 0 Å². The summed E-state index contributed by atoms with van der Waals surface area (Å²) in [7, 11) is 0. The maximum absolute atomic E-state index is 6.17. The van der Waals surface area contributed by atoms with Gasteiger partial charge in [-0.05, 0) is 62.1 Å². The Labute approximate surface area is 154 Å². The minimum absolute atomic E-state index is 0.139. The van der Waals surface area contributed by atoms with Crippen molar-refractivity contribution in [1.29, 1.82) is 0 Å². The molecule has 0 saturated heterocycles. The number of halogens is 1. The molecule has 0 saturated carbocycles. The first-order valence-electron chi connectivity index (χ1n) is 8.83. The summed E-state index contributed by atoms with van der Waals surface area (Å²) in [5.74, 6) is 2.43. The van der Waals surface area contributed by atoms with Crippen LogP contribution in [0.1, 0.15) is 44.7 Å². The van der Waals surface area contributed by atoms with Crippen LogP contribution < -0.4 is 4.74 Å². The molecule has 4 heteroatoms. The first kappa shape index (κ1) is 17.8. The molecule has 25 heavy (non-hydrogen) atoms. The van der Waals surface area contributed by atoms with Crippen molar-refractivity contribution in [3.05, 3.63) is 58.9 Å². The van der Waals surface area contributed by atoms with Gasteiger partial charge < -0.3 is 9.30 Å². The van der Waals surface area contributed by atoms with Crippen LogP contribution in [0.3, 0.4) is 0 Å². The first-order valence-corrected chi connectivity index (χ1v) is 9.21. The van der Waals surface area contributed by atoms with Crippen LogP contribution in [-0.4, -0.2) is 9.55 Å². The lowest BCUT2D eigenvalue weighted by molar-refractivity contribution is 0.210. The number of aryl methyl sites for hydroxylation is 2. The molecule has 3 nitrogen and oxygen atoms in total. The summed E-state index contributed by atoms with van der Waals surface area (Å²) in [4.78, 5) is 4.84. The van der Waals surface area contributed by atoms with Gasteiger partial charge in [0, 0.05) is 11.6 Å². The second-order valence-corrected chi connectivity index (χ2v) is 7.37. The van der Waals surface area contributed by atoms with Gasteiger partial charge in [0.1, 0.15) is 5.75 Å². The molecule has 3 rings (SSSR count). The Morgan fingerprint density at radius 2 is 1.88 bits per heavy atom. The van der Waals surface area contributed by atoms with Crippen molar-refractivity contribution < 1.29 is 4.74 Å². The van der Waals surface area contributed by atoms with E-state index in [1.807, 2.05) is 31.2 Å². The molecule has 0 aliphatic rings. The lowest BCUT2D eigenvalue weighted by atomic mass is 10.1. The van der Waals surface area contributed by atoms with Gasteiger partial charge in [-0.2, -0.15) is 0 Å². The summed E-state index contributed by atoms with van der Waals surface area (Å²) in [6.45, 7) is 9.47. The molecule has 0 radical (unpaired) electrons. The number of benzene rings is 2. The number of nitrogens with zero attached hydrogens (tertiary/aromatic N) is 2. The first-order chi connectivity index (χ1) is 12.0. The quantitative estimate of drug-likeness (QED) is 0.527. The summed E-state index contributed by atoms with van der Waals surface area (Å²) >= 11 is 6.11. The number of hydrogen-bond acceptors (Lipinski definition) is 2. The highest BCUT2D eigenvalue weighted by atomic mass is 35.5. The lowest BCUT2D eigenvalue weighted by Crippen LogP contribution is -2.13. The minimum Gasteiger partial charge on any atom is -0.483 e. The molecule has 3 aromatic rings. The van der Waals surface area contributed by atoms with Crippen molar-refractivity contribution >= 4 is 22.6 Å². The molecule has 1 unspecified atom stereocenters. The maximum Gasteiger partial charge on any atom is 0.153 e. The summed E-state index contributed by atoms with van der Waals surface area (Å²) in [6, 6.07) is 14.0. The molecule has 1 atom stereocenters. The molecule has 0 aliphatic heterocycles. The standard InChI is InChI=1S/C21H25ClN2O/c1-14(2)11-12-24-20-8-6-5-7-19(20)23-21(24)16(4)25-17-9-10-18(22)15(3)13-17/h5-10,13-14,16H,11-12H2,1-4H3. The van der Waals surface area contributed by atoms with Crippen LogP contribution >= 0.6 is 11.6 Å². The molecule has 0 bridgehead atoms. The fraction of sp³-hybridized carbons (Fsp3) is 0.381. The molecule has 0 spiro atoms. The number of aromatic nitrogens is 2. The second kappa shape index (κ2) is 7.49. The SMILES string of the molecule is Cc1cc(OC(C)c2nc3ccccc3n2CCC(C)C)ccc1Cl. The van der Waals surface area contributed by atoms with Gasteiger partial charge in [-0.15, -0.1) is 0 Å². The largest absolute Gasteiger partial charge is 0.483 e. The number of rotatable bonds is 6. The molecule has 0 amide bonds. The monoisotopic (exact) mass is 356 g/mol. The Morgan fingerprint density at radius 3 is 2.60 bits per heavy atom. The number of fused-ring (bicyclic) bond motifs is 1. The average molecular weight is 357 g/mol. The molecule has 0 aliphatic carbocycles. The topological polar surface area (TPSA) is 27.1 Å². The molecule has 1 heterocycles. The van der Waals surface area contributed by atoms with E-state index in [1.165, 1.54) is 5.52 Å². The van der Waals surface area contributed by atoms with E-state index in [0.29, 0.717) is 5.92 Å². The van der Waals surface area contributed by atoms with Gasteiger partial charge in [0.25, 0.3) is 0 Å². The second-order valence-electron chi connectivity index (χ2n) is 6.96. The van der Waals surface area contributed by atoms with Crippen LogP contribution in [0.5, 0.6) is 5.75 Å². The highest BCUT2D eigenvalue weighted by Gasteiger charge is 2.18. The zero-order chi connectivity index (χ0) is 18.0. The summed E-state index contributed by atoms with van der Waals surface area (Å²) in [5, 5.41) is 0.754. The van der Waals surface area contributed by atoms with Gasteiger partial charge in [0.15, 0.2) is 11.9 Å². The van der Waals surface area contributed by atoms with E-state index in [2.05, 4.69) is 43.5 Å². The van der Waals surface area contributed by atoms with E-state index in [4.69, 9.17) is 21.3 Å². The minimum atomic E-state index is -0.139. The Balaban J connectivity index is 1.92. The van der Waals surface area contributed by atoms with E-state index < -0.39 is 0 Å². The third-order valence-electron chi connectivity index (χ3n) is 4.42. The van der Waals surface area contributed by atoms with Gasteiger partial charge in [-0.3, -0.25) is 0 Å². The van der Waals surface area contributed by atoms with Crippen LogP contribution in [0.2, 0.25) is 5.02 Å². The molecule has 1 aromatic heterocycles. The predicted octanol–water partition coefficient (Wildman–Crippen LogP) is 6.18. The highest BCUT2D eigenvalue weighted by molar-refractivity contribution is 6.31. The van der Waals surface area contributed by atoms with Gasteiger partial charge >= 0.3 is 0 Å². The van der Waals surface area contributed by atoms with E-state index in [9.17, 15) is 0 Å². The Kier molecular flexibility index (Phi) is 5.33. The van der Waals surface area contributed by atoms with Crippen molar-refractivity contribution in [2.24, 2.45) is 5.92 Å². The van der Waals surface area contributed by atoms with Crippen LogP contribution in [0.4, 0.5) is 0 Å². The third-order valence-corrected chi connectivity index (χ3v) is 4.84.